The number of hydrogen-bond donors (Lipinski definition) is 0. The third-order valence-corrected chi connectivity index (χ3v) is 6.01. The lowest BCUT2D eigenvalue weighted by Gasteiger charge is -2.53. The maximum absolute atomic E-state index is 13.7. The zero-order chi connectivity index (χ0) is 21.4. The molecule has 3 aromatic heterocycles. The number of hydrogen-bond acceptors (Lipinski definition) is 6. The zero-order valence-corrected chi connectivity index (χ0v) is 17.1. The standard InChI is InChI=1S/C23H22FN5O2/c1-14-3-5-19(22-25-7-2-8-26-22)21(28-14)23(30)29-17-9-15(10-17)11-18(29)13-31-20-6-4-16(24)12-27-20/h2-8,12,15,17-18H,9-11,13H2,1H3/t15?,17?,18-/m1/s1. The van der Waals surface area contributed by atoms with Crippen molar-refractivity contribution in [3.63, 3.8) is 0 Å². The van der Waals surface area contributed by atoms with Crippen molar-refractivity contribution in [3.8, 4) is 17.3 Å². The molecular weight excluding hydrogens is 397 g/mol. The van der Waals surface area contributed by atoms with E-state index < -0.39 is 5.82 Å². The van der Waals surface area contributed by atoms with E-state index in [1.807, 2.05) is 24.0 Å². The predicted molar refractivity (Wildman–Crippen MR) is 111 cm³/mol. The minimum absolute atomic E-state index is 0.0938. The Labute approximate surface area is 179 Å². The van der Waals surface area contributed by atoms with Gasteiger partial charge in [-0.1, -0.05) is 0 Å². The number of piperidine rings is 2. The van der Waals surface area contributed by atoms with Crippen LogP contribution in [0.25, 0.3) is 11.4 Å². The minimum atomic E-state index is -0.413. The molecule has 0 unspecified atom stereocenters. The van der Waals surface area contributed by atoms with E-state index in [0.29, 0.717) is 35.5 Å². The van der Waals surface area contributed by atoms with Crippen LogP contribution in [-0.4, -0.2) is 49.4 Å². The zero-order valence-electron chi connectivity index (χ0n) is 17.1. The van der Waals surface area contributed by atoms with E-state index in [4.69, 9.17) is 4.74 Å². The van der Waals surface area contributed by atoms with Gasteiger partial charge in [0, 0.05) is 30.2 Å². The first-order valence-electron chi connectivity index (χ1n) is 10.4. The van der Waals surface area contributed by atoms with Crippen molar-refractivity contribution < 1.29 is 13.9 Å². The second-order valence-corrected chi connectivity index (χ2v) is 8.14. The minimum Gasteiger partial charge on any atom is -0.475 e. The van der Waals surface area contributed by atoms with E-state index in [2.05, 4.69) is 19.9 Å². The summed E-state index contributed by atoms with van der Waals surface area (Å²) in [5.74, 6) is 0.885. The lowest BCUT2D eigenvalue weighted by Crippen LogP contribution is -2.60. The number of nitrogens with zero attached hydrogens (tertiary/aromatic N) is 5. The van der Waals surface area contributed by atoms with E-state index in [1.54, 1.807) is 18.5 Å². The molecule has 158 valence electrons. The summed E-state index contributed by atoms with van der Waals surface area (Å²) in [7, 11) is 0. The Morgan fingerprint density at radius 1 is 1.13 bits per heavy atom. The van der Waals surface area contributed by atoms with Crippen molar-refractivity contribution in [1.29, 1.82) is 0 Å². The SMILES string of the molecule is Cc1ccc(-c2ncccn2)c(C(=O)N2C3CC(C3)C[C@@H]2COc2ccc(F)cn2)n1. The van der Waals surface area contributed by atoms with Crippen LogP contribution in [0.4, 0.5) is 4.39 Å². The Morgan fingerprint density at radius 3 is 2.68 bits per heavy atom. The van der Waals surface area contributed by atoms with Gasteiger partial charge in [0.25, 0.3) is 5.91 Å². The van der Waals surface area contributed by atoms with Crippen molar-refractivity contribution in [2.24, 2.45) is 5.92 Å². The average Bonchev–Trinajstić information content (AvgIpc) is 2.78. The van der Waals surface area contributed by atoms with Gasteiger partial charge in [-0.05, 0) is 56.4 Å². The maximum atomic E-state index is 13.7. The number of rotatable bonds is 5. The van der Waals surface area contributed by atoms with Gasteiger partial charge in [-0.15, -0.1) is 0 Å². The quantitative estimate of drug-likeness (QED) is 0.630. The number of ether oxygens (including phenoxy) is 1. The van der Waals surface area contributed by atoms with Gasteiger partial charge in [0.2, 0.25) is 5.88 Å². The average molecular weight is 419 g/mol. The van der Waals surface area contributed by atoms with Crippen LogP contribution < -0.4 is 4.74 Å². The summed E-state index contributed by atoms with van der Waals surface area (Å²) < 4.78 is 18.9. The first kappa shape index (κ1) is 19.5. The molecule has 3 aromatic rings. The largest absolute Gasteiger partial charge is 0.475 e. The Hall–Kier alpha value is -3.42. The van der Waals surface area contributed by atoms with E-state index >= 15 is 0 Å². The molecule has 0 spiro atoms. The van der Waals surface area contributed by atoms with Gasteiger partial charge in [-0.3, -0.25) is 4.79 Å². The van der Waals surface area contributed by atoms with Crippen LogP contribution in [0.1, 0.15) is 35.4 Å². The highest BCUT2D eigenvalue weighted by Gasteiger charge is 2.47. The van der Waals surface area contributed by atoms with E-state index in [0.717, 1.165) is 31.2 Å². The molecule has 8 heteroatoms. The van der Waals surface area contributed by atoms with Crippen molar-refractivity contribution in [2.45, 2.75) is 38.3 Å². The number of carbonyl (C=O) groups excluding carboxylic acids is 1. The van der Waals surface area contributed by atoms with Crippen LogP contribution in [-0.2, 0) is 0 Å². The predicted octanol–water partition coefficient (Wildman–Crippen LogP) is 3.45. The molecule has 31 heavy (non-hydrogen) atoms. The van der Waals surface area contributed by atoms with Gasteiger partial charge >= 0.3 is 0 Å². The highest BCUT2D eigenvalue weighted by Crippen LogP contribution is 2.43. The van der Waals surface area contributed by atoms with Gasteiger partial charge < -0.3 is 9.64 Å². The van der Waals surface area contributed by atoms with Gasteiger partial charge in [-0.25, -0.2) is 24.3 Å². The Balaban J connectivity index is 1.43. The van der Waals surface area contributed by atoms with Crippen molar-refractivity contribution in [1.82, 2.24) is 24.8 Å². The highest BCUT2D eigenvalue weighted by atomic mass is 19.1. The van der Waals surface area contributed by atoms with Crippen LogP contribution in [0.2, 0.25) is 0 Å². The third kappa shape index (κ3) is 3.85. The van der Waals surface area contributed by atoms with Crippen molar-refractivity contribution >= 4 is 5.91 Å². The Morgan fingerprint density at radius 2 is 1.94 bits per heavy atom. The van der Waals surface area contributed by atoms with Crippen molar-refractivity contribution in [3.05, 3.63) is 66.1 Å². The molecule has 7 nitrogen and oxygen atoms in total. The number of halogens is 1. The monoisotopic (exact) mass is 419 g/mol. The molecule has 1 atom stereocenters. The first-order chi connectivity index (χ1) is 15.1. The maximum Gasteiger partial charge on any atom is 0.273 e. The number of carbonyl (C=O) groups is 1. The lowest BCUT2D eigenvalue weighted by molar-refractivity contribution is -0.0313. The molecular formula is C23H22FN5O2. The van der Waals surface area contributed by atoms with E-state index in [1.165, 1.54) is 12.1 Å². The van der Waals surface area contributed by atoms with Crippen LogP contribution in [0.15, 0.2) is 48.9 Å². The van der Waals surface area contributed by atoms with Gasteiger partial charge in [0.1, 0.15) is 18.1 Å². The molecule has 1 saturated carbocycles. The molecule has 0 aromatic carbocycles. The summed E-state index contributed by atoms with van der Waals surface area (Å²) >= 11 is 0. The van der Waals surface area contributed by atoms with Gasteiger partial charge in [-0.2, -0.15) is 0 Å². The topological polar surface area (TPSA) is 81.1 Å². The smallest absolute Gasteiger partial charge is 0.273 e. The van der Waals surface area contributed by atoms with Gasteiger partial charge in [0.05, 0.1) is 17.8 Å². The molecule has 6 rings (SSSR count). The van der Waals surface area contributed by atoms with E-state index in [9.17, 15) is 9.18 Å². The normalized spacial score (nSPS) is 22.0. The molecule has 2 bridgehead atoms. The summed E-state index contributed by atoms with van der Waals surface area (Å²) in [6.07, 6.45) is 7.30. The fourth-order valence-corrected chi connectivity index (χ4v) is 4.49. The molecule has 5 heterocycles. The van der Waals surface area contributed by atoms with Crippen LogP contribution >= 0.6 is 0 Å². The van der Waals surface area contributed by atoms with E-state index in [-0.39, 0.29) is 18.0 Å². The second-order valence-electron chi connectivity index (χ2n) is 8.14. The van der Waals surface area contributed by atoms with Crippen LogP contribution in [0.3, 0.4) is 0 Å². The molecule has 0 radical (unpaired) electrons. The number of aromatic nitrogens is 4. The summed E-state index contributed by atoms with van der Waals surface area (Å²) in [6, 6.07) is 8.34. The molecule has 3 fully saturated rings. The number of amides is 1. The number of fused-ring (bicyclic) bond motifs is 2. The van der Waals surface area contributed by atoms with Crippen molar-refractivity contribution in [2.75, 3.05) is 6.61 Å². The number of aryl methyl sites for hydroxylation is 1. The summed E-state index contributed by atoms with van der Waals surface area (Å²) in [5.41, 5.74) is 1.74. The molecule has 0 N–H and O–H groups in total. The second kappa shape index (κ2) is 8.02. The third-order valence-electron chi connectivity index (χ3n) is 6.01. The number of pyridine rings is 2. The lowest BCUT2D eigenvalue weighted by atomic mass is 9.70. The van der Waals surface area contributed by atoms with Crippen LogP contribution in [0, 0.1) is 18.7 Å². The molecule has 1 amide bonds. The fraction of sp³-hybridized carbons (Fsp3) is 0.348. The summed E-state index contributed by atoms with van der Waals surface area (Å²) in [5, 5.41) is 0. The molecule has 2 aliphatic heterocycles. The summed E-state index contributed by atoms with van der Waals surface area (Å²) in [6.45, 7) is 2.17. The molecule has 1 aliphatic carbocycles. The fourth-order valence-electron chi connectivity index (χ4n) is 4.49. The highest BCUT2D eigenvalue weighted by molar-refractivity contribution is 5.98. The first-order valence-corrected chi connectivity index (χ1v) is 10.4. The van der Waals surface area contributed by atoms with Gasteiger partial charge in [0.15, 0.2) is 5.82 Å². The Kier molecular flexibility index (Phi) is 5.05. The van der Waals surface area contributed by atoms with Crippen LogP contribution in [0.5, 0.6) is 5.88 Å². The molecule has 3 aliphatic rings. The Bertz CT molecular complexity index is 1090. The summed E-state index contributed by atoms with van der Waals surface area (Å²) in [4.78, 5) is 32.8. The molecule has 2 saturated heterocycles.